The lowest BCUT2D eigenvalue weighted by atomic mass is 10.1. The molecular formula is C28H26N2O4S. The second-order valence-corrected chi connectivity index (χ2v) is 8.57. The van der Waals surface area contributed by atoms with Gasteiger partial charge in [-0.25, -0.2) is 0 Å². The number of aliphatic imine (C=N–C) groups is 2. The fraction of sp³-hybridized carbons (Fsp3) is 0.143. The number of benzene rings is 3. The Hall–Kier alpha value is -3.97. The molecule has 0 unspecified atom stereocenters. The Bertz CT molecular complexity index is 1190. The quantitative estimate of drug-likeness (QED) is 0.293. The molecule has 0 aliphatic heterocycles. The van der Waals surface area contributed by atoms with Gasteiger partial charge in [0.15, 0.2) is 11.6 Å². The van der Waals surface area contributed by atoms with E-state index in [9.17, 15) is 9.59 Å². The minimum Gasteiger partial charge on any atom is -0.486 e. The Morgan fingerprint density at radius 2 is 1.34 bits per heavy atom. The highest BCUT2D eigenvalue weighted by molar-refractivity contribution is 7.99. The summed E-state index contributed by atoms with van der Waals surface area (Å²) in [5.41, 5.74) is 1.92. The third kappa shape index (κ3) is 9.06. The van der Waals surface area contributed by atoms with Crippen molar-refractivity contribution in [3.63, 3.8) is 0 Å². The van der Waals surface area contributed by atoms with E-state index in [2.05, 4.69) is 23.3 Å². The first-order valence-corrected chi connectivity index (χ1v) is 11.7. The number of carbonyl (C=O) groups excluding carboxylic acids is 2. The zero-order valence-electron chi connectivity index (χ0n) is 19.3. The van der Waals surface area contributed by atoms with E-state index >= 15 is 0 Å². The molecule has 0 radical (unpaired) electrons. The van der Waals surface area contributed by atoms with Crippen LogP contribution >= 0.6 is 11.8 Å². The Labute approximate surface area is 209 Å². The van der Waals surface area contributed by atoms with Crippen LogP contribution in [0.15, 0.2) is 99.2 Å². The Kier molecular flexibility index (Phi) is 10.0. The zero-order chi connectivity index (χ0) is 24.9. The predicted molar refractivity (Wildman–Crippen MR) is 141 cm³/mol. The molecule has 7 heteroatoms. The Balaban J connectivity index is 1.42. The third-order valence-electron chi connectivity index (χ3n) is 4.63. The van der Waals surface area contributed by atoms with Crippen LogP contribution < -0.4 is 9.47 Å². The summed E-state index contributed by atoms with van der Waals surface area (Å²) in [5.74, 6) is 1.01. The van der Waals surface area contributed by atoms with Gasteiger partial charge in [-0.3, -0.25) is 19.6 Å². The van der Waals surface area contributed by atoms with E-state index in [1.165, 1.54) is 0 Å². The van der Waals surface area contributed by atoms with Gasteiger partial charge < -0.3 is 9.47 Å². The fourth-order valence-corrected chi connectivity index (χ4v) is 3.72. The van der Waals surface area contributed by atoms with Crippen LogP contribution in [0.5, 0.6) is 11.5 Å². The molecule has 0 saturated heterocycles. The van der Waals surface area contributed by atoms with Crippen molar-refractivity contribution in [1.29, 1.82) is 0 Å². The first-order valence-electron chi connectivity index (χ1n) is 10.9. The van der Waals surface area contributed by atoms with E-state index in [0.717, 1.165) is 20.9 Å². The summed E-state index contributed by atoms with van der Waals surface area (Å²) in [6, 6.07) is 22.7. The maximum absolute atomic E-state index is 12.1. The molecule has 3 rings (SSSR count). The second kappa shape index (κ2) is 13.7. The number of hydrogen-bond donors (Lipinski definition) is 0. The molecule has 3 aromatic carbocycles. The summed E-state index contributed by atoms with van der Waals surface area (Å²) in [6.45, 7) is 7.10. The molecule has 178 valence electrons. The average molecular weight is 487 g/mol. The van der Waals surface area contributed by atoms with E-state index in [0.29, 0.717) is 11.5 Å². The average Bonchev–Trinajstić information content (AvgIpc) is 2.88. The molecule has 0 saturated carbocycles. The molecule has 0 heterocycles. The van der Waals surface area contributed by atoms with Crippen LogP contribution in [0.4, 0.5) is 0 Å². The van der Waals surface area contributed by atoms with Crippen LogP contribution in [0.1, 0.15) is 11.1 Å². The van der Waals surface area contributed by atoms with E-state index < -0.39 is 0 Å². The number of ketones is 2. The SMILES string of the molecule is C=Cc1cccc(C=NCC(=O)COc2ccc(Sc3ccc(OCC(=O)CN=C)cc3)cc2)c1. The van der Waals surface area contributed by atoms with Crippen LogP contribution in [0.25, 0.3) is 6.08 Å². The first kappa shape index (κ1) is 25.6. The minimum atomic E-state index is -0.121. The highest BCUT2D eigenvalue weighted by Crippen LogP contribution is 2.30. The van der Waals surface area contributed by atoms with Crippen molar-refractivity contribution < 1.29 is 19.1 Å². The van der Waals surface area contributed by atoms with Crippen molar-refractivity contribution in [2.75, 3.05) is 26.3 Å². The fourth-order valence-electron chi connectivity index (χ4n) is 2.91. The van der Waals surface area contributed by atoms with E-state index in [-0.39, 0.29) is 37.9 Å². The van der Waals surface area contributed by atoms with Gasteiger partial charge in [-0.05, 0) is 72.4 Å². The van der Waals surface area contributed by atoms with Crippen molar-refractivity contribution in [3.8, 4) is 11.5 Å². The monoisotopic (exact) mass is 486 g/mol. The number of carbonyl (C=O) groups is 2. The van der Waals surface area contributed by atoms with Gasteiger partial charge >= 0.3 is 0 Å². The van der Waals surface area contributed by atoms with Crippen LogP contribution in [-0.2, 0) is 9.59 Å². The molecule has 0 aliphatic carbocycles. The van der Waals surface area contributed by atoms with Gasteiger partial charge in [-0.2, -0.15) is 0 Å². The molecule has 35 heavy (non-hydrogen) atoms. The lowest BCUT2D eigenvalue weighted by molar-refractivity contribution is -0.120. The van der Waals surface area contributed by atoms with Gasteiger partial charge in [-0.1, -0.05) is 42.6 Å². The summed E-state index contributed by atoms with van der Waals surface area (Å²) in [4.78, 5) is 33.3. The number of Topliss-reactive ketones (excluding diaryl/α,β-unsaturated/α-hetero) is 2. The molecule has 0 fully saturated rings. The van der Waals surface area contributed by atoms with Crippen molar-refractivity contribution in [2.24, 2.45) is 9.98 Å². The topological polar surface area (TPSA) is 77.3 Å². The molecular weight excluding hydrogens is 460 g/mol. The van der Waals surface area contributed by atoms with Gasteiger partial charge in [0.2, 0.25) is 0 Å². The highest BCUT2D eigenvalue weighted by atomic mass is 32.2. The lowest BCUT2D eigenvalue weighted by Gasteiger charge is -2.07. The second-order valence-electron chi connectivity index (χ2n) is 7.43. The van der Waals surface area contributed by atoms with Crippen LogP contribution in [0, 0.1) is 0 Å². The van der Waals surface area contributed by atoms with Crippen molar-refractivity contribution in [3.05, 3.63) is 90.5 Å². The van der Waals surface area contributed by atoms with Gasteiger partial charge in [0, 0.05) is 16.0 Å². The zero-order valence-corrected chi connectivity index (χ0v) is 20.1. The van der Waals surface area contributed by atoms with Gasteiger partial charge in [0.25, 0.3) is 0 Å². The number of rotatable bonds is 14. The summed E-state index contributed by atoms with van der Waals surface area (Å²) < 4.78 is 11.0. The molecule has 3 aromatic rings. The third-order valence-corrected chi connectivity index (χ3v) is 5.64. The largest absolute Gasteiger partial charge is 0.486 e. The minimum absolute atomic E-state index is 0.0224. The first-order chi connectivity index (χ1) is 17.1. The lowest BCUT2D eigenvalue weighted by Crippen LogP contribution is -2.14. The Morgan fingerprint density at radius 3 is 1.89 bits per heavy atom. The summed E-state index contributed by atoms with van der Waals surface area (Å²) in [5, 5.41) is 0. The van der Waals surface area contributed by atoms with E-state index in [1.807, 2.05) is 72.8 Å². The van der Waals surface area contributed by atoms with Crippen LogP contribution in [0.2, 0.25) is 0 Å². The molecule has 0 aliphatic rings. The van der Waals surface area contributed by atoms with Crippen molar-refractivity contribution >= 4 is 42.3 Å². The smallest absolute Gasteiger partial charge is 0.191 e. The van der Waals surface area contributed by atoms with Crippen molar-refractivity contribution in [2.45, 2.75) is 9.79 Å². The van der Waals surface area contributed by atoms with Crippen molar-refractivity contribution in [1.82, 2.24) is 0 Å². The molecule has 0 aromatic heterocycles. The summed E-state index contributed by atoms with van der Waals surface area (Å²) in [7, 11) is 0. The molecule has 0 amide bonds. The van der Waals surface area contributed by atoms with Crippen LogP contribution in [0.3, 0.4) is 0 Å². The summed E-state index contributed by atoms with van der Waals surface area (Å²) in [6.07, 6.45) is 3.44. The van der Waals surface area contributed by atoms with E-state index in [4.69, 9.17) is 9.47 Å². The number of nitrogens with zero attached hydrogens (tertiary/aromatic N) is 2. The molecule has 0 atom stereocenters. The molecule has 6 nitrogen and oxygen atoms in total. The standard InChI is InChI=1S/C28H26N2O4S/c1-3-21-5-4-6-22(15-21)16-30-18-24(32)20-34-26-9-13-28(14-10-26)35-27-11-7-25(8-12-27)33-19-23(31)17-29-2/h3-16H,1-2,17-20H2. The molecule has 0 bridgehead atoms. The van der Waals surface area contributed by atoms with Gasteiger partial charge in [0.1, 0.15) is 37.8 Å². The maximum atomic E-state index is 12.1. The Morgan fingerprint density at radius 1 is 0.800 bits per heavy atom. The summed E-state index contributed by atoms with van der Waals surface area (Å²) >= 11 is 1.58. The number of hydrogen-bond acceptors (Lipinski definition) is 7. The molecule has 0 spiro atoms. The van der Waals surface area contributed by atoms with E-state index in [1.54, 1.807) is 24.1 Å². The van der Waals surface area contributed by atoms with Gasteiger partial charge in [0.05, 0.1) is 0 Å². The van der Waals surface area contributed by atoms with Crippen LogP contribution in [-0.4, -0.2) is 50.8 Å². The number of ether oxygens (including phenoxy) is 2. The maximum Gasteiger partial charge on any atom is 0.191 e. The van der Waals surface area contributed by atoms with Gasteiger partial charge in [-0.15, -0.1) is 0 Å². The molecule has 0 N–H and O–H groups in total. The predicted octanol–water partition coefficient (Wildman–Crippen LogP) is 5.20. The normalized spacial score (nSPS) is 10.6. The highest BCUT2D eigenvalue weighted by Gasteiger charge is 2.05.